The summed E-state index contributed by atoms with van der Waals surface area (Å²) in [5.74, 6) is -0.0169. The van der Waals surface area contributed by atoms with E-state index in [-0.39, 0.29) is 4.99 Å². The van der Waals surface area contributed by atoms with Crippen LogP contribution in [0.3, 0.4) is 0 Å². The van der Waals surface area contributed by atoms with Gasteiger partial charge < -0.3 is 16.8 Å². The summed E-state index contributed by atoms with van der Waals surface area (Å²) in [6.07, 6.45) is 3.04. The topological polar surface area (TPSA) is 107 Å². The lowest BCUT2D eigenvalue weighted by molar-refractivity contribution is 0.100. The molecule has 0 aliphatic carbocycles. The number of carbonyl (C=O) groups is 1. The van der Waals surface area contributed by atoms with Crippen molar-refractivity contribution >= 4 is 34.6 Å². The Morgan fingerprint density at radius 2 is 1.74 bits per heavy atom. The van der Waals surface area contributed by atoms with E-state index >= 15 is 0 Å². The minimum atomic E-state index is -0.477. The Hall–Kier alpha value is -2.54. The maximum Gasteiger partial charge on any atom is 0.248 e. The highest BCUT2D eigenvalue weighted by Crippen LogP contribution is 2.17. The lowest BCUT2D eigenvalue weighted by atomic mass is 10.2. The number of nitrogens with two attached hydrogens (primary N) is 2. The molecule has 5 N–H and O–H groups in total. The molecular weight excluding hydrogens is 262 g/mol. The molecule has 1 heterocycles. The third kappa shape index (κ3) is 3.02. The number of rotatable bonds is 4. The number of primary amides is 1. The Bertz CT molecular complexity index is 626. The zero-order valence-corrected chi connectivity index (χ0v) is 10.6. The summed E-state index contributed by atoms with van der Waals surface area (Å²) in [6.45, 7) is 0. The fourth-order valence-corrected chi connectivity index (χ4v) is 1.61. The van der Waals surface area contributed by atoms with Crippen LogP contribution >= 0.6 is 12.2 Å². The average Bonchev–Trinajstić information content (AvgIpc) is 2.39. The maximum atomic E-state index is 11.0. The van der Waals surface area contributed by atoms with Crippen molar-refractivity contribution in [1.82, 2.24) is 9.97 Å². The third-order valence-electron chi connectivity index (χ3n) is 2.36. The number of nitrogens with zero attached hydrogens (tertiary/aromatic N) is 2. The minimum Gasteiger partial charge on any atom is -0.388 e. The molecule has 2 aromatic rings. The van der Waals surface area contributed by atoms with E-state index in [9.17, 15) is 4.79 Å². The number of aromatic nitrogens is 2. The molecule has 6 nitrogen and oxygen atoms in total. The van der Waals surface area contributed by atoms with E-state index in [0.717, 1.165) is 5.69 Å². The molecule has 0 saturated carbocycles. The predicted octanol–water partition coefficient (Wildman–Crippen LogP) is 0.953. The first kappa shape index (κ1) is 12.9. The van der Waals surface area contributed by atoms with E-state index in [1.54, 1.807) is 24.3 Å². The monoisotopic (exact) mass is 273 g/mol. The van der Waals surface area contributed by atoms with Gasteiger partial charge in [0, 0.05) is 23.6 Å². The highest BCUT2D eigenvalue weighted by Gasteiger charge is 2.08. The molecule has 0 aliphatic rings. The first-order chi connectivity index (χ1) is 9.08. The molecule has 0 fully saturated rings. The van der Waals surface area contributed by atoms with Crippen molar-refractivity contribution in [2.45, 2.75) is 0 Å². The van der Waals surface area contributed by atoms with Crippen LogP contribution in [-0.4, -0.2) is 20.9 Å². The van der Waals surface area contributed by atoms with Gasteiger partial charge in [-0.25, -0.2) is 9.97 Å². The SMILES string of the molecule is NC(=O)c1ccc(Nc2nccnc2C(N)=S)cc1. The molecule has 7 heteroatoms. The van der Waals surface area contributed by atoms with Gasteiger partial charge in [-0.15, -0.1) is 0 Å². The van der Waals surface area contributed by atoms with Crippen LogP contribution in [0.5, 0.6) is 0 Å². The maximum absolute atomic E-state index is 11.0. The Morgan fingerprint density at radius 3 is 2.32 bits per heavy atom. The Morgan fingerprint density at radius 1 is 1.11 bits per heavy atom. The molecule has 96 valence electrons. The van der Waals surface area contributed by atoms with E-state index in [1.165, 1.54) is 12.4 Å². The van der Waals surface area contributed by atoms with E-state index in [4.69, 9.17) is 23.7 Å². The highest BCUT2D eigenvalue weighted by molar-refractivity contribution is 7.80. The molecule has 1 aromatic heterocycles. The highest BCUT2D eigenvalue weighted by atomic mass is 32.1. The Balaban J connectivity index is 2.26. The molecule has 2 rings (SSSR count). The van der Waals surface area contributed by atoms with Crippen LogP contribution in [0.2, 0.25) is 0 Å². The van der Waals surface area contributed by atoms with Crippen LogP contribution in [0.25, 0.3) is 0 Å². The number of hydrogen-bond acceptors (Lipinski definition) is 5. The third-order valence-corrected chi connectivity index (χ3v) is 2.56. The van der Waals surface area contributed by atoms with E-state index in [2.05, 4.69) is 15.3 Å². The zero-order valence-electron chi connectivity index (χ0n) is 9.83. The van der Waals surface area contributed by atoms with Gasteiger partial charge in [0.2, 0.25) is 5.91 Å². The summed E-state index contributed by atoms with van der Waals surface area (Å²) in [5.41, 5.74) is 12.3. The van der Waals surface area contributed by atoms with E-state index in [1.807, 2.05) is 0 Å². The lowest BCUT2D eigenvalue weighted by Gasteiger charge is -2.09. The number of amides is 1. The average molecular weight is 273 g/mol. The van der Waals surface area contributed by atoms with Gasteiger partial charge >= 0.3 is 0 Å². The van der Waals surface area contributed by atoms with E-state index < -0.39 is 5.91 Å². The fraction of sp³-hybridized carbons (Fsp3) is 0. The van der Waals surface area contributed by atoms with Gasteiger partial charge in [0.25, 0.3) is 0 Å². The molecule has 19 heavy (non-hydrogen) atoms. The summed E-state index contributed by atoms with van der Waals surface area (Å²) in [5, 5.41) is 3.03. The molecule has 0 saturated heterocycles. The fourth-order valence-electron chi connectivity index (χ4n) is 1.46. The number of thiocarbonyl (C=S) groups is 1. The molecule has 1 aromatic carbocycles. The minimum absolute atomic E-state index is 0.157. The first-order valence-electron chi connectivity index (χ1n) is 5.35. The summed E-state index contributed by atoms with van der Waals surface area (Å²) < 4.78 is 0. The number of carbonyl (C=O) groups excluding carboxylic acids is 1. The second-order valence-electron chi connectivity index (χ2n) is 3.68. The molecule has 0 atom stereocenters. The molecule has 1 amide bonds. The number of benzene rings is 1. The quantitative estimate of drug-likeness (QED) is 0.716. The van der Waals surface area contributed by atoms with Gasteiger partial charge in [-0.1, -0.05) is 12.2 Å². The van der Waals surface area contributed by atoms with E-state index in [0.29, 0.717) is 17.1 Å². The normalized spacial score (nSPS) is 9.89. The van der Waals surface area contributed by atoms with Crippen LogP contribution in [-0.2, 0) is 0 Å². The molecule has 0 aliphatic heterocycles. The second kappa shape index (κ2) is 5.40. The van der Waals surface area contributed by atoms with Gasteiger partial charge in [0.1, 0.15) is 10.7 Å². The zero-order chi connectivity index (χ0) is 13.8. The molecule has 0 radical (unpaired) electrons. The first-order valence-corrected chi connectivity index (χ1v) is 5.76. The number of nitrogens with one attached hydrogen (secondary N) is 1. The van der Waals surface area contributed by atoms with Crippen LogP contribution in [0.15, 0.2) is 36.7 Å². The second-order valence-corrected chi connectivity index (χ2v) is 4.12. The van der Waals surface area contributed by atoms with Crippen LogP contribution < -0.4 is 16.8 Å². The van der Waals surface area contributed by atoms with Gasteiger partial charge in [-0.05, 0) is 24.3 Å². The van der Waals surface area contributed by atoms with Crippen molar-refractivity contribution in [1.29, 1.82) is 0 Å². The van der Waals surface area contributed by atoms with Gasteiger partial charge in [0.05, 0.1) is 0 Å². The molecule has 0 bridgehead atoms. The summed E-state index contributed by atoms with van der Waals surface area (Å²) in [6, 6.07) is 6.64. The van der Waals surface area contributed by atoms with Gasteiger partial charge in [-0.3, -0.25) is 4.79 Å². The van der Waals surface area contributed by atoms with Crippen molar-refractivity contribution < 1.29 is 4.79 Å². The van der Waals surface area contributed by atoms with Crippen molar-refractivity contribution in [2.24, 2.45) is 11.5 Å². The van der Waals surface area contributed by atoms with Crippen LogP contribution in [0, 0.1) is 0 Å². The van der Waals surface area contributed by atoms with Gasteiger partial charge in [0.15, 0.2) is 5.82 Å². The van der Waals surface area contributed by atoms with Crippen LogP contribution in [0.1, 0.15) is 16.1 Å². The van der Waals surface area contributed by atoms with Gasteiger partial charge in [-0.2, -0.15) is 0 Å². The lowest BCUT2D eigenvalue weighted by Crippen LogP contribution is -2.15. The Labute approximate surface area is 114 Å². The summed E-state index contributed by atoms with van der Waals surface area (Å²) in [7, 11) is 0. The number of anilines is 2. The summed E-state index contributed by atoms with van der Waals surface area (Å²) in [4.78, 5) is 19.3. The molecule has 0 unspecified atom stereocenters. The predicted molar refractivity (Wildman–Crippen MR) is 76.2 cm³/mol. The number of hydrogen-bond donors (Lipinski definition) is 3. The molecule has 0 spiro atoms. The smallest absolute Gasteiger partial charge is 0.248 e. The van der Waals surface area contributed by atoms with Crippen molar-refractivity contribution in [2.75, 3.05) is 5.32 Å². The van der Waals surface area contributed by atoms with Crippen molar-refractivity contribution in [3.8, 4) is 0 Å². The molecular formula is C12H11N5OS. The Kier molecular flexibility index (Phi) is 3.67. The largest absolute Gasteiger partial charge is 0.388 e. The van der Waals surface area contributed by atoms with Crippen LogP contribution in [0.4, 0.5) is 11.5 Å². The standard InChI is InChI=1S/C12H11N5OS/c13-10(18)7-1-3-8(4-2-7)17-12-9(11(14)19)15-5-6-16-12/h1-6H,(H2,13,18)(H2,14,19)(H,16,17). The summed E-state index contributed by atoms with van der Waals surface area (Å²) >= 11 is 4.89. The van der Waals surface area contributed by atoms with Crippen molar-refractivity contribution in [3.63, 3.8) is 0 Å². The van der Waals surface area contributed by atoms with Crippen molar-refractivity contribution in [3.05, 3.63) is 47.9 Å².